The third kappa shape index (κ3) is 9.62. The summed E-state index contributed by atoms with van der Waals surface area (Å²) in [6.07, 6.45) is 0. The van der Waals surface area contributed by atoms with E-state index < -0.39 is 83.1 Å². The van der Waals surface area contributed by atoms with Crippen molar-refractivity contribution in [1.82, 2.24) is 0 Å². The van der Waals surface area contributed by atoms with E-state index in [-0.39, 0.29) is 0 Å². The van der Waals surface area contributed by atoms with Gasteiger partial charge in [0.25, 0.3) is 0 Å². The maximum atomic E-state index is 15.1. The minimum Gasteiger partial charge on any atom is -0.560 e. The molecule has 6 aromatic carbocycles. The highest BCUT2D eigenvalue weighted by Gasteiger charge is 2.58. The summed E-state index contributed by atoms with van der Waals surface area (Å²) in [4.78, 5) is 0. The second kappa shape index (κ2) is 19.9. The fourth-order valence-electron chi connectivity index (χ4n) is 6.74. The van der Waals surface area contributed by atoms with Gasteiger partial charge in [-0.3, -0.25) is 0 Å². The van der Waals surface area contributed by atoms with E-state index in [9.17, 15) is 17.8 Å². The smallest absolute Gasteiger partial charge is 0.533 e. The molecular weight excluding hydrogens is 893 g/mol. The van der Waals surface area contributed by atoms with Gasteiger partial charge in [-0.25, -0.2) is 0 Å². The van der Waals surface area contributed by atoms with Crippen LogP contribution in [0.3, 0.4) is 0 Å². The summed E-state index contributed by atoms with van der Waals surface area (Å²) in [5.41, 5.74) is 0. The van der Waals surface area contributed by atoms with Crippen molar-refractivity contribution in [2.45, 2.75) is 19.6 Å². The van der Waals surface area contributed by atoms with E-state index in [0.717, 1.165) is 20.7 Å². The van der Waals surface area contributed by atoms with Gasteiger partial charge in [0, 0.05) is 0 Å². The Hall–Kier alpha value is -3.83. The topological polar surface area (TPSA) is 122 Å². The third-order valence-electron chi connectivity index (χ3n) is 9.90. The zero-order valence-corrected chi connectivity index (χ0v) is 42.2. The number of hydrogen-bond donors (Lipinski definition) is 0. The van der Waals surface area contributed by atoms with Gasteiger partial charge in [0.1, 0.15) is 0 Å². The maximum absolute atomic E-state index is 15.1. The summed E-state index contributed by atoms with van der Waals surface area (Å²) in [7, 11) is -31.2. The van der Waals surface area contributed by atoms with Crippen LogP contribution < -0.4 is 31.1 Å². The van der Waals surface area contributed by atoms with Crippen molar-refractivity contribution in [1.29, 1.82) is 0 Å². The molecule has 0 aliphatic rings. The van der Waals surface area contributed by atoms with Gasteiger partial charge in [0.2, 0.25) is 16.6 Å². The zero-order valence-electron chi connectivity index (χ0n) is 32.1. The molecule has 6 rings (SSSR count). The molecule has 0 bridgehead atoms. The van der Waals surface area contributed by atoms with Crippen molar-refractivity contribution in [3.05, 3.63) is 182 Å². The van der Waals surface area contributed by atoms with Crippen molar-refractivity contribution in [3.63, 3.8) is 0 Å². The van der Waals surface area contributed by atoms with Crippen molar-refractivity contribution < 1.29 is 38.8 Å². The van der Waals surface area contributed by atoms with Crippen LogP contribution in [0, 0.1) is 0 Å². The lowest BCUT2D eigenvalue weighted by Crippen LogP contribution is -2.73. The van der Waals surface area contributed by atoms with Gasteiger partial charge in [-0.15, -0.1) is 0 Å². The first-order chi connectivity index (χ1) is 28.0. The zero-order chi connectivity index (χ0) is 41.2. The predicted octanol–water partition coefficient (Wildman–Crippen LogP) is 1.98. The molecule has 0 fully saturated rings. The van der Waals surface area contributed by atoms with E-state index in [1.54, 1.807) is 55.1 Å². The second-order valence-electron chi connectivity index (χ2n) is 13.6. The van der Waals surface area contributed by atoms with Crippen molar-refractivity contribution in [3.8, 4) is 0 Å². The second-order valence-corrected chi connectivity index (χ2v) is 50.9. The first-order valence-electron chi connectivity index (χ1n) is 18.5. The molecule has 0 spiro atoms. The van der Waals surface area contributed by atoms with E-state index in [2.05, 4.69) is 6.55 Å². The molecule has 0 saturated heterocycles. The molecular formula is C39H40O9Si10. The van der Waals surface area contributed by atoms with Crippen LogP contribution in [0.2, 0.25) is 19.6 Å². The monoisotopic (exact) mass is 932 g/mol. The standard InChI is InChI=1S/C39H40O9Si10/c1-50(48-57(3,36-26-14-6-15-27-36)37-28-16-7-17-29-37)47-51(40)52(41)53(42)54(43)55(44)58(38-30-18-8-19-31-38,39-32-20-9-21-33-39)46-49-45-56(2,34-22-10-4-11-23-34)35-24-12-5-13-25-35/h4-33,50H,1-3H3. The van der Waals surface area contributed by atoms with Gasteiger partial charge in [0.15, 0.2) is 0 Å². The third-order valence-corrected chi connectivity index (χ3v) is 63.6. The van der Waals surface area contributed by atoms with Crippen molar-refractivity contribution >= 4 is 114 Å². The lowest BCUT2D eigenvalue weighted by molar-refractivity contribution is 0.406. The number of hydrogen-bond acceptors (Lipinski definition) is 9. The highest BCUT2D eigenvalue weighted by Crippen LogP contribution is 2.14. The van der Waals surface area contributed by atoms with Gasteiger partial charge in [0.05, 0.1) is 0 Å². The van der Waals surface area contributed by atoms with Gasteiger partial charge in [-0.2, -0.15) is 0 Å². The van der Waals surface area contributed by atoms with Crippen LogP contribution in [0.5, 0.6) is 0 Å². The van der Waals surface area contributed by atoms with Crippen molar-refractivity contribution in [2.75, 3.05) is 0 Å². The van der Waals surface area contributed by atoms with Crippen molar-refractivity contribution in [2.24, 2.45) is 0 Å². The quantitative estimate of drug-likeness (QED) is 0.112. The van der Waals surface area contributed by atoms with Crippen LogP contribution in [0.1, 0.15) is 0 Å². The Labute approximate surface area is 352 Å². The molecule has 0 aromatic heterocycles. The SMILES string of the molecule is C[SiH](O[Si](=O)[Si](=O)[Si](=O)[Si](=O)[Si](=O)[Si](O[Si]O[Si](C)(c1ccccc1)c1ccccc1)(c1ccccc1)c1ccccc1)O[Si](C)(c1ccccc1)c1ccccc1. The van der Waals surface area contributed by atoms with Gasteiger partial charge >= 0.3 is 66.4 Å². The predicted molar refractivity (Wildman–Crippen MR) is 241 cm³/mol. The Balaban J connectivity index is 1.28. The lowest BCUT2D eigenvalue weighted by Gasteiger charge is -2.33. The van der Waals surface area contributed by atoms with Gasteiger partial charge in [-0.1, -0.05) is 182 Å². The summed E-state index contributed by atoms with van der Waals surface area (Å²) >= 11 is 0. The summed E-state index contributed by atoms with van der Waals surface area (Å²) in [6.45, 7) is 5.78. The molecule has 1 unspecified atom stereocenters. The highest BCUT2D eigenvalue weighted by atomic mass is 29.9. The average Bonchev–Trinajstić information content (AvgIpc) is 3.28. The summed E-state index contributed by atoms with van der Waals surface area (Å²) in [5.74, 6) is 0. The van der Waals surface area contributed by atoms with E-state index in [4.69, 9.17) is 16.5 Å². The fourth-order valence-corrected chi connectivity index (χ4v) is 73.1. The largest absolute Gasteiger partial charge is 0.560 e. The van der Waals surface area contributed by atoms with E-state index in [1.807, 2.05) is 140 Å². The van der Waals surface area contributed by atoms with Crippen LogP contribution in [-0.4, -0.2) is 83.1 Å². The summed E-state index contributed by atoms with van der Waals surface area (Å²) in [6, 6.07) is 56.9. The lowest BCUT2D eigenvalue weighted by atomic mass is 10.4. The molecule has 0 aliphatic carbocycles. The normalized spacial score (nSPS) is 12.3. The van der Waals surface area contributed by atoms with Crippen LogP contribution in [0.15, 0.2) is 182 Å². The average molecular weight is 934 g/mol. The van der Waals surface area contributed by atoms with E-state index in [1.165, 1.54) is 0 Å². The van der Waals surface area contributed by atoms with E-state index >= 15 is 4.46 Å². The first kappa shape index (κ1) is 43.7. The van der Waals surface area contributed by atoms with Crippen LogP contribution >= 0.6 is 0 Å². The molecule has 2 radical (unpaired) electrons. The summed E-state index contributed by atoms with van der Waals surface area (Å²) in [5, 5.41) is 5.02. The summed E-state index contributed by atoms with van der Waals surface area (Å²) < 4.78 is 97.3. The Kier molecular flexibility index (Phi) is 15.0. The molecule has 9 nitrogen and oxygen atoms in total. The molecule has 6 aromatic rings. The number of benzene rings is 6. The van der Waals surface area contributed by atoms with Crippen LogP contribution in [0.25, 0.3) is 0 Å². The molecule has 0 aliphatic heterocycles. The Morgan fingerprint density at radius 2 is 0.759 bits per heavy atom. The molecule has 58 heavy (non-hydrogen) atoms. The maximum Gasteiger partial charge on any atom is 0.533 e. The minimum atomic E-state index is -4.05. The molecule has 1 atom stereocenters. The van der Waals surface area contributed by atoms with Gasteiger partial charge in [-0.05, 0) is 50.8 Å². The molecule has 0 saturated carbocycles. The number of rotatable bonds is 19. The van der Waals surface area contributed by atoms with Crippen LogP contribution in [-0.2, 0) is 38.8 Å². The Morgan fingerprint density at radius 1 is 0.431 bits per heavy atom. The van der Waals surface area contributed by atoms with Gasteiger partial charge < -0.3 is 38.8 Å². The Morgan fingerprint density at radius 3 is 1.12 bits per heavy atom. The Bertz CT molecular complexity index is 2250. The minimum absolute atomic E-state index is 0.543. The molecule has 290 valence electrons. The molecule has 0 amide bonds. The molecule has 0 N–H and O–H groups in total. The van der Waals surface area contributed by atoms with E-state index in [0.29, 0.717) is 10.4 Å². The fraction of sp³-hybridized carbons (Fsp3) is 0.0769. The highest BCUT2D eigenvalue weighted by molar-refractivity contribution is 7.71. The molecule has 19 heteroatoms. The van der Waals surface area contributed by atoms with Crippen LogP contribution in [0.4, 0.5) is 0 Å². The molecule has 0 heterocycles. The first-order valence-corrected chi connectivity index (χ1v) is 40.1.